The molecule has 0 bridgehead atoms. The summed E-state index contributed by atoms with van der Waals surface area (Å²) in [6.07, 6.45) is 5.67. The highest BCUT2D eigenvalue weighted by Crippen LogP contribution is 2.38. The first-order valence-electron chi connectivity index (χ1n) is 7.81. The molecule has 0 amide bonds. The van der Waals surface area contributed by atoms with Crippen molar-refractivity contribution in [2.75, 3.05) is 0 Å². The Morgan fingerprint density at radius 1 is 1.20 bits per heavy atom. The van der Waals surface area contributed by atoms with Crippen molar-refractivity contribution < 1.29 is 5.11 Å². The molecule has 2 heteroatoms. The molecule has 0 radical (unpaired) electrons. The van der Waals surface area contributed by atoms with Crippen LogP contribution in [0.5, 0.6) is 0 Å². The number of aliphatic hydroxyl groups is 1. The molecule has 0 aliphatic heterocycles. The van der Waals surface area contributed by atoms with Crippen LogP contribution in [0.1, 0.15) is 50.8 Å². The van der Waals surface area contributed by atoms with Gasteiger partial charge in [0, 0.05) is 5.39 Å². The Balaban J connectivity index is 1.82. The van der Waals surface area contributed by atoms with E-state index in [9.17, 15) is 5.11 Å². The first-order valence-corrected chi connectivity index (χ1v) is 7.81. The van der Waals surface area contributed by atoms with E-state index >= 15 is 0 Å². The minimum atomic E-state index is -0.408. The fraction of sp³-hybridized carbons (Fsp3) is 0.500. The maximum absolute atomic E-state index is 10.7. The van der Waals surface area contributed by atoms with E-state index in [1.807, 2.05) is 24.3 Å². The number of pyridine rings is 1. The maximum atomic E-state index is 10.7. The van der Waals surface area contributed by atoms with Gasteiger partial charge < -0.3 is 5.11 Å². The minimum Gasteiger partial charge on any atom is -0.387 e. The number of hydrogen-bond donors (Lipinski definition) is 1. The second-order valence-corrected chi connectivity index (χ2v) is 6.07. The monoisotopic (exact) mass is 269 g/mol. The van der Waals surface area contributed by atoms with Gasteiger partial charge >= 0.3 is 0 Å². The highest BCUT2D eigenvalue weighted by Gasteiger charge is 2.28. The van der Waals surface area contributed by atoms with Crippen LogP contribution in [0.25, 0.3) is 10.9 Å². The summed E-state index contributed by atoms with van der Waals surface area (Å²) in [5.74, 6) is 1.16. The van der Waals surface area contributed by atoms with Crippen molar-refractivity contribution in [3.8, 4) is 0 Å². The molecular formula is C18H23NO. The first-order chi connectivity index (χ1) is 9.78. The van der Waals surface area contributed by atoms with Gasteiger partial charge in [-0.05, 0) is 36.8 Å². The van der Waals surface area contributed by atoms with Gasteiger partial charge in [-0.25, -0.2) is 0 Å². The molecule has 2 aromatic rings. The Hall–Kier alpha value is -1.41. The molecule has 0 spiro atoms. The summed E-state index contributed by atoms with van der Waals surface area (Å²) >= 11 is 0. The standard InChI is InChI=1S/C18H23NO/c1-2-13-6-5-8-15(12-13)18(20)17-11-10-14-7-3-4-9-16(14)19-17/h3-4,7,9-11,13,15,18,20H,2,5-6,8,12H2,1H3. The van der Waals surface area contributed by atoms with E-state index in [0.717, 1.165) is 35.4 Å². The highest BCUT2D eigenvalue weighted by atomic mass is 16.3. The fourth-order valence-electron chi connectivity index (χ4n) is 3.48. The molecule has 1 N–H and O–H groups in total. The van der Waals surface area contributed by atoms with E-state index in [2.05, 4.69) is 24.0 Å². The van der Waals surface area contributed by atoms with Crippen LogP contribution in [0, 0.1) is 11.8 Å². The molecule has 1 aromatic heterocycles. The lowest BCUT2D eigenvalue weighted by atomic mass is 9.77. The maximum Gasteiger partial charge on any atom is 0.0988 e. The van der Waals surface area contributed by atoms with E-state index in [0.29, 0.717) is 5.92 Å². The molecule has 2 nitrogen and oxygen atoms in total. The second kappa shape index (κ2) is 5.92. The quantitative estimate of drug-likeness (QED) is 0.891. The van der Waals surface area contributed by atoms with Crippen LogP contribution in [0.3, 0.4) is 0 Å². The van der Waals surface area contributed by atoms with Gasteiger partial charge in [-0.1, -0.05) is 50.5 Å². The lowest BCUT2D eigenvalue weighted by molar-refractivity contribution is 0.0648. The van der Waals surface area contributed by atoms with Crippen molar-refractivity contribution in [3.63, 3.8) is 0 Å². The number of hydrogen-bond acceptors (Lipinski definition) is 2. The Morgan fingerprint density at radius 3 is 2.90 bits per heavy atom. The Bertz CT molecular complexity index is 580. The van der Waals surface area contributed by atoms with E-state index in [1.165, 1.54) is 19.3 Å². The zero-order valence-corrected chi connectivity index (χ0v) is 12.1. The van der Waals surface area contributed by atoms with Crippen LogP contribution >= 0.6 is 0 Å². The number of nitrogens with zero attached hydrogens (tertiary/aromatic N) is 1. The predicted octanol–water partition coefficient (Wildman–Crippen LogP) is 4.48. The van der Waals surface area contributed by atoms with Crippen molar-refractivity contribution in [1.82, 2.24) is 4.98 Å². The van der Waals surface area contributed by atoms with Crippen LogP contribution < -0.4 is 0 Å². The van der Waals surface area contributed by atoms with Crippen LogP contribution in [0.4, 0.5) is 0 Å². The average molecular weight is 269 g/mol. The Labute approximate surface area is 120 Å². The van der Waals surface area contributed by atoms with Crippen molar-refractivity contribution in [2.45, 2.75) is 45.1 Å². The zero-order valence-electron chi connectivity index (χ0n) is 12.1. The predicted molar refractivity (Wildman–Crippen MR) is 82.4 cm³/mol. The third-order valence-electron chi connectivity index (χ3n) is 4.77. The van der Waals surface area contributed by atoms with Crippen molar-refractivity contribution in [2.24, 2.45) is 11.8 Å². The largest absolute Gasteiger partial charge is 0.387 e. The number of benzene rings is 1. The summed E-state index contributed by atoms with van der Waals surface area (Å²) in [7, 11) is 0. The molecule has 1 fully saturated rings. The molecule has 3 rings (SSSR count). The van der Waals surface area contributed by atoms with Gasteiger partial charge in [-0.15, -0.1) is 0 Å². The van der Waals surface area contributed by atoms with E-state index in [1.54, 1.807) is 0 Å². The van der Waals surface area contributed by atoms with Gasteiger partial charge in [0.05, 0.1) is 17.3 Å². The number of para-hydroxylation sites is 1. The molecule has 1 aliphatic carbocycles. The SMILES string of the molecule is CCC1CCCC(C(O)c2ccc3ccccc3n2)C1. The summed E-state index contributed by atoms with van der Waals surface area (Å²) in [6.45, 7) is 2.26. The molecule has 20 heavy (non-hydrogen) atoms. The van der Waals surface area contributed by atoms with Crippen molar-refractivity contribution in [1.29, 1.82) is 0 Å². The third-order valence-corrected chi connectivity index (χ3v) is 4.77. The van der Waals surface area contributed by atoms with Crippen molar-refractivity contribution in [3.05, 3.63) is 42.1 Å². The second-order valence-electron chi connectivity index (χ2n) is 6.07. The van der Waals surface area contributed by atoms with Gasteiger partial charge in [0.15, 0.2) is 0 Å². The van der Waals surface area contributed by atoms with E-state index in [-0.39, 0.29) is 0 Å². The molecule has 1 saturated carbocycles. The summed E-state index contributed by atoms with van der Waals surface area (Å²) < 4.78 is 0. The van der Waals surface area contributed by atoms with Gasteiger partial charge in [0.25, 0.3) is 0 Å². The Morgan fingerprint density at radius 2 is 2.05 bits per heavy atom. The number of rotatable bonds is 3. The first kappa shape index (κ1) is 13.6. The smallest absolute Gasteiger partial charge is 0.0988 e. The summed E-state index contributed by atoms with van der Waals surface area (Å²) in [5.41, 5.74) is 1.82. The summed E-state index contributed by atoms with van der Waals surface area (Å²) in [5, 5.41) is 11.8. The van der Waals surface area contributed by atoms with Crippen LogP contribution in [-0.4, -0.2) is 10.1 Å². The van der Waals surface area contributed by atoms with E-state index < -0.39 is 6.10 Å². The highest BCUT2D eigenvalue weighted by molar-refractivity contribution is 5.78. The molecule has 1 aliphatic rings. The van der Waals surface area contributed by atoms with Crippen LogP contribution in [-0.2, 0) is 0 Å². The molecule has 3 unspecified atom stereocenters. The van der Waals surface area contributed by atoms with Gasteiger partial charge in [0.2, 0.25) is 0 Å². The lowest BCUT2D eigenvalue weighted by Crippen LogP contribution is -2.21. The topological polar surface area (TPSA) is 33.1 Å². The summed E-state index contributed by atoms with van der Waals surface area (Å²) in [4.78, 5) is 4.65. The van der Waals surface area contributed by atoms with Crippen molar-refractivity contribution >= 4 is 10.9 Å². The van der Waals surface area contributed by atoms with Crippen LogP contribution in [0.2, 0.25) is 0 Å². The molecule has 3 atom stereocenters. The van der Waals surface area contributed by atoms with E-state index in [4.69, 9.17) is 0 Å². The molecule has 0 saturated heterocycles. The summed E-state index contributed by atoms with van der Waals surface area (Å²) in [6, 6.07) is 12.2. The number of aromatic nitrogens is 1. The fourth-order valence-corrected chi connectivity index (χ4v) is 3.48. The third kappa shape index (κ3) is 2.71. The molecule has 1 aromatic carbocycles. The Kier molecular flexibility index (Phi) is 4.02. The zero-order chi connectivity index (χ0) is 13.9. The average Bonchev–Trinajstić information content (AvgIpc) is 2.53. The molecule has 106 valence electrons. The number of aliphatic hydroxyl groups excluding tert-OH is 1. The van der Waals surface area contributed by atoms with Gasteiger partial charge in [0.1, 0.15) is 0 Å². The molecule has 1 heterocycles. The minimum absolute atomic E-state index is 0.377. The molecular weight excluding hydrogens is 246 g/mol. The van der Waals surface area contributed by atoms with Gasteiger partial charge in [-0.3, -0.25) is 4.98 Å². The van der Waals surface area contributed by atoms with Crippen LogP contribution in [0.15, 0.2) is 36.4 Å². The normalized spacial score (nSPS) is 24.7. The lowest BCUT2D eigenvalue weighted by Gasteiger charge is -2.31. The van der Waals surface area contributed by atoms with Gasteiger partial charge in [-0.2, -0.15) is 0 Å². The number of fused-ring (bicyclic) bond motifs is 1.